The van der Waals surface area contributed by atoms with Gasteiger partial charge in [0.05, 0.1) is 18.1 Å². The zero-order valence-corrected chi connectivity index (χ0v) is 12.2. The topological polar surface area (TPSA) is 76.0 Å². The zero-order chi connectivity index (χ0) is 13.9. The zero-order valence-electron chi connectivity index (χ0n) is 9.82. The quantitative estimate of drug-likeness (QED) is 0.607. The Morgan fingerprint density at radius 2 is 2.05 bits per heavy atom. The number of aliphatic imine (C=N–C) groups is 1. The maximum Gasteiger partial charge on any atom is 0.245 e. The van der Waals surface area contributed by atoms with Gasteiger partial charge in [-0.2, -0.15) is 9.30 Å². The van der Waals surface area contributed by atoms with Crippen LogP contribution >= 0.6 is 15.9 Å². The average Bonchev–Trinajstić information content (AvgIpc) is 2.40. The highest BCUT2D eigenvalue weighted by Crippen LogP contribution is 2.22. The maximum absolute atomic E-state index is 12.4. The van der Waals surface area contributed by atoms with Crippen molar-refractivity contribution >= 4 is 32.0 Å². The Kier molecular flexibility index (Phi) is 4.49. The highest BCUT2D eigenvalue weighted by atomic mass is 79.9. The van der Waals surface area contributed by atoms with E-state index in [0.29, 0.717) is 0 Å². The van der Waals surface area contributed by atoms with Crippen molar-refractivity contribution in [1.29, 1.82) is 0 Å². The average molecular weight is 347 g/mol. The van der Waals surface area contributed by atoms with Crippen LogP contribution in [0.1, 0.15) is 0 Å². The van der Waals surface area contributed by atoms with Crippen molar-refractivity contribution in [3.8, 4) is 0 Å². The molecule has 102 valence electrons. The fraction of sp³-hybridized carbons (Fsp3) is 0.364. The summed E-state index contributed by atoms with van der Waals surface area (Å²) in [5.41, 5.74) is 0. The number of ether oxygens (including phenoxy) is 1. The van der Waals surface area contributed by atoms with Gasteiger partial charge < -0.3 is 4.74 Å². The van der Waals surface area contributed by atoms with Crippen LogP contribution < -0.4 is 0 Å². The summed E-state index contributed by atoms with van der Waals surface area (Å²) in [6.07, 6.45) is 0.534. The Morgan fingerprint density at radius 3 is 2.68 bits per heavy atom. The molecule has 0 aromatic heterocycles. The van der Waals surface area contributed by atoms with E-state index in [0.717, 1.165) is 8.78 Å². The lowest BCUT2D eigenvalue weighted by Crippen LogP contribution is -2.47. The van der Waals surface area contributed by atoms with E-state index in [1.54, 1.807) is 12.1 Å². The number of halogens is 1. The van der Waals surface area contributed by atoms with E-state index in [4.69, 9.17) is 4.74 Å². The van der Waals surface area contributed by atoms with Crippen LogP contribution in [-0.2, 0) is 19.6 Å². The summed E-state index contributed by atoms with van der Waals surface area (Å²) in [7, 11) is -3.69. The van der Waals surface area contributed by atoms with Crippen LogP contribution in [0.15, 0.2) is 38.6 Å². The van der Waals surface area contributed by atoms with Crippen molar-refractivity contribution in [3.63, 3.8) is 0 Å². The van der Waals surface area contributed by atoms with Gasteiger partial charge in [0.15, 0.2) is 6.17 Å². The molecule has 1 unspecified atom stereocenters. The van der Waals surface area contributed by atoms with E-state index in [1.807, 2.05) is 0 Å². The number of hydrogen-bond donors (Lipinski definition) is 0. The molecule has 1 heterocycles. The molecule has 0 amide bonds. The molecule has 0 spiro atoms. The van der Waals surface area contributed by atoms with Crippen molar-refractivity contribution < 1.29 is 17.9 Å². The Hall–Kier alpha value is -1.05. The van der Waals surface area contributed by atoms with E-state index in [-0.39, 0.29) is 24.7 Å². The number of morpholine rings is 1. The van der Waals surface area contributed by atoms with Gasteiger partial charge in [0.25, 0.3) is 0 Å². The Morgan fingerprint density at radius 1 is 1.37 bits per heavy atom. The molecule has 1 aliphatic rings. The molecule has 1 aromatic carbocycles. The largest absolute Gasteiger partial charge is 0.376 e. The normalized spacial score (nSPS) is 20.8. The molecular weight excluding hydrogens is 336 g/mol. The molecule has 0 radical (unpaired) electrons. The van der Waals surface area contributed by atoms with E-state index in [1.165, 1.54) is 18.2 Å². The van der Waals surface area contributed by atoms with E-state index in [9.17, 15) is 13.2 Å². The second-order valence-electron chi connectivity index (χ2n) is 3.85. The summed E-state index contributed by atoms with van der Waals surface area (Å²) in [6, 6.07) is 6.28. The molecule has 0 aliphatic carbocycles. The van der Waals surface area contributed by atoms with Gasteiger partial charge in [-0.1, -0.05) is 15.9 Å². The maximum atomic E-state index is 12.4. The Labute approximate surface area is 119 Å². The summed E-state index contributed by atoms with van der Waals surface area (Å²) in [4.78, 5) is 14.0. The minimum atomic E-state index is -3.69. The molecule has 1 saturated heterocycles. The lowest BCUT2D eigenvalue weighted by molar-refractivity contribution is 0.0359. The van der Waals surface area contributed by atoms with Crippen molar-refractivity contribution in [3.05, 3.63) is 28.7 Å². The van der Waals surface area contributed by atoms with Crippen molar-refractivity contribution in [2.75, 3.05) is 19.8 Å². The van der Waals surface area contributed by atoms with Gasteiger partial charge in [0, 0.05) is 11.0 Å². The van der Waals surface area contributed by atoms with Crippen LogP contribution in [-0.4, -0.2) is 44.7 Å². The van der Waals surface area contributed by atoms with Crippen LogP contribution in [0.3, 0.4) is 0 Å². The van der Waals surface area contributed by atoms with Crippen LogP contribution in [0, 0.1) is 0 Å². The molecule has 1 aromatic rings. The van der Waals surface area contributed by atoms with Gasteiger partial charge in [0.2, 0.25) is 16.1 Å². The SMILES string of the molecule is O=C=NC1COCCN1S(=O)(=O)c1ccc(Br)cc1. The van der Waals surface area contributed by atoms with Gasteiger partial charge in [-0.15, -0.1) is 0 Å². The first kappa shape index (κ1) is 14.4. The second-order valence-corrected chi connectivity index (χ2v) is 6.65. The highest BCUT2D eigenvalue weighted by Gasteiger charge is 2.34. The summed E-state index contributed by atoms with van der Waals surface area (Å²) in [5.74, 6) is 0. The van der Waals surface area contributed by atoms with E-state index >= 15 is 0 Å². The van der Waals surface area contributed by atoms with Crippen LogP contribution in [0.2, 0.25) is 0 Å². The van der Waals surface area contributed by atoms with Crippen LogP contribution in [0.4, 0.5) is 0 Å². The van der Waals surface area contributed by atoms with Gasteiger partial charge >= 0.3 is 0 Å². The van der Waals surface area contributed by atoms with Crippen LogP contribution in [0.5, 0.6) is 0 Å². The molecule has 2 rings (SSSR count). The van der Waals surface area contributed by atoms with Crippen molar-refractivity contribution in [1.82, 2.24) is 4.31 Å². The minimum Gasteiger partial charge on any atom is -0.376 e. The van der Waals surface area contributed by atoms with Crippen molar-refractivity contribution in [2.24, 2.45) is 4.99 Å². The van der Waals surface area contributed by atoms with Gasteiger partial charge in [-0.3, -0.25) is 0 Å². The predicted molar refractivity (Wildman–Crippen MR) is 70.8 cm³/mol. The number of isocyanates is 1. The third-order valence-electron chi connectivity index (χ3n) is 2.68. The number of sulfonamides is 1. The number of nitrogens with zero attached hydrogens (tertiary/aromatic N) is 2. The Bertz CT molecular complexity index is 596. The first-order chi connectivity index (χ1) is 9.05. The molecule has 0 bridgehead atoms. The second kappa shape index (κ2) is 5.94. The molecule has 6 nitrogen and oxygen atoms in total. The number of carbonyl (C=O) groups excluding carboxylic acids is 1. The molecule has 1 aliphatic heterocycles. The van der Waals surface area contributed by atoms with E-state index < -0.39 is 16.2 Å². The number of hydrogen-bond acceptors (Lipinski definition) is 5. The molecular formula is C11H11BrN2O4S. The molecule has 0 N–H and O–H groups in total. The standard InChI is InChI=1S/C11H11BrN2O4S/c12-9-1-3-10(4-2-9)19(16,17)14-5-6-18-7-11(14)13-8-15/h1-4,11H,5-7H2. The first-order valence-corrected chi connectivity index (χ1v) is 7.71. The predicted octanol–water partition coefficient (Wildman–Crippen LogP) is 1.13. The summed E-state index contributed by atoms with van der Waals surface area (Å²) < 4.78 is 32.0. The Balaban J connectivity index is 2.36. The van der Waals surface area contributed by atoms with Gasteiger partial charge in [0.1, 0.15) is 0 Å². The van der Waals surface area contributed by atoms with E-state index in [2.05, 4.69) is 20.9 Å². The third-order valence-corrected chi connectivity index (χ3v) is 5.12. The smallest absolute Gasteiger partial charge is 0.245 e. The molecule has 0 saturated carbocycles. The summed E-state index contributed by atoms with van der Waals surface area (Å²) >= 11 is 3.25. The molecule has 19 heavy (non-hydrogen) atoms. The number of benzene rings is 1. The molecule has 1 atom stereocenters. The fourth-order valence-electron chi connectivity index (χ4n) is 1.76. The lowest BCUT2D eigenvalue weighted by Gasteiger charge is -2.30. The van der Waals surface area contributed by atoms with Gasteiger partial charge in [-0.25, -0.2) is 13.2 Å². The van der Waals surface area contributed by atoms with Gasteiger partial charge in [-0.05, 0) is 24.3 Å². The monoisotopic (exact) mass is 346 g/mol. The highest BCUT2D eigenvalue weighted by molar-refractivity contribution is 9.10. The first-order valence-electron chi connectivity index (χ1n) is 5.48. The fourth-order valence-corrected chi connectivity index (χ4v) is 3.52. The molecule has 8 heteroatoms. The van der Waals surface area contributed by atoms with Crippen LogP contribution in [0.25, 0.3) is 0 Å². The number of rotatable bonds is 3. The minimum absolute atomic E-state index is 0.0605. The molecule has 1 fully saturated rings. The lowest BCUT2D eigenvalue weighted by atomic mass is 10.4. The summed E-state index contributed by atoms with van der Waals surface area (Å²) in [5, 5.41) is 0. The summed E-state index contributed by atoms with van der Waals surface area (Å²) in [6.45, 7) is 0.500. The van der Waals surface area contributed by atoms with Crippen molar-refractivity contribution in [2.45, 2.75) is 11.1 Å². The third kappa shape index (κ3) is 3.10.